The zero-order chi connectivity index (χ0) is 12.7. The molecule has 0 saturated carbocycles. The van der Waals surface area contributed by atoms with E-state index in [1.54, 1.807) is 0 Å². The lowest BCUT2D eigenvalue weighted by Gasteiger charge is -2.16. The number of nitrogens with two attached hydrogens (primary N) is 1. The maximum absolute atomic E-state index is 6.10. The quantitative estimate of drug-likeness (QED) is 0.570. The van der Waals surface area contributed by atoms with E-state index < -0.39 is 0 Å². The van der Waals surface area contributed by atoms with Crippen LogP contribution in [0.3, 0.4) is 0 Å². The van der Waals surface area contributed by atoms with Crippen LogP contribution < -0.4 is 5.73 Å². The van der Waals surface area contributed by atoms with Crippen molar-refractivity contribution in [1.29, 1.82) is 0 Å². The van der Waals surface area contributed by atoms with Crippen molar-refractivity contribution in [1.82, 2.24) is 0 Å². The predicted molar refractivity (Wildman–Crippen MR) is 80.7 cm³/mol. The molecule has 0 amide bonds. The minimum absolute atomic E-state index is 0.381. The van der Waals surface area contributed by atoms with Gasteiger partial charge in [0.15, 0.2) is 0 Å². The van der Waals surface area contributed by atoms with Gasteiger partial charge in [-0.2, -0.15) is 0 Å². The molecule has 1 aliphatic carbocycles. The van der Waals surface area contributed by atoms with Crippen LogP contribution in [-0.2, 0) is 12.8 Å². The highest BCUT2D eigenvalue weighted by Crippen LogP contribution is 2.34. The summed E-state index contributed by atoms with van der Waals surface area (Å²) < 4.78 is 0. The fourth-order valence-electron chi connectivity index (χ4n) is 2.63. The van der Waals surface area contributed by atoms with E-state index in [1.165, 1.54) is 22.4 Å². The number of halogens is 2. The molecule has 1 atom stereocenters. The van der Waals surface area contributed by atoms with Gasteiger partial charge >= 0.3 is 0 Å². The minimum Gasteiger partial charge on any atom is -0.398 e. The van der Waals surface area contributed by atoms with Gasteiger partial charge in [-0.1, -0.05) is 27.5 Å². The zero-order valence-corrected chi connectivity index (χ0v) is 12.3. The lowest BCUT2D eigenvalue weighted by molar-refractivity contribution is 0.848. The van der Waals surface area contributed by atoms with Crippen molar-refractivity contribution in [2.45, 2.75) is 30.5 Å². The molecule has 0 radical (unpaired) electrons. The monoisotopic (exact) mass is 324 g/mol. The molecule has 1 heterocycles. The van der Waals surface area contributed by atoms with Gasteiger partial charge in [-0.05, 0) is 48.1 Å². The number of nitrogen functional groups attached to an aromatic ring is 1. The molecule has 1 aromatic carbocycles. The topological polar surface area (TPSA) is 38.4 Å². The summed E-state index contributed by atoms with van der Waals surface area (Å²) in [5, 5.41) is 0.662. The second-order valence-corrected chi connectivity index (χ2v) is 6.45. The van der Waals surface area contributed by atoms with Crippen molar-refractivity contribution in [3.8, 4) is 0 Å². The largest absolute Gasteiger partial charge is 0.398 e. The van der Waals surface area contributed by atoms with Crippen LogP contribution >= 0.6 is 27.5 Å². The predicted octanol–water partition coefficient (Wildman–Crippen LogP) is 3.90. The summed E-state index contributed by atoms with van der Waals surface area (Å²) in [6, 6.07) is 4.02. The van der Waals surface area contributed by atoms with E-state index in [0.717, 1.165) is 25.7 Å². The van der Waals surface area contributed by atoms with Crippen molar-refractivity contribution in [3.63, 3.8) is 0 Å². The highest BCUT2D eigenvalue weighted by atomic mass is 79.9. The van der Waals surface area contributed by atoms with Crippen molar-refractivity contribution >= 4 is 39.4 Å². The third-order valence-electron chi connectivity index (χ3n) is 3.61. The first-order chi connectivity index (χ1) is 8.63. The van der Waals surface area contributed by atoms with Gasteiger partial charge in [0.2, 0.25) is 0 Å². The highest BCUT2D eigenvalue weighted by Gasteiger charge is 2.21. The van der Waals surface area contributed by atoms with Crippen LogP contribution in [0.2, 0.25) is 5.02 Å². The Balaban J connectivity index is 1.99. The summed E-state index contributed by atoms with van der Waals surface area (Å²) in [5.74, 6) is 0. The molecule has 2 N–H and O–H groups in total. The van der Waals surface area contributed by atoms with Crippen LogP contribution in [0.5, 0.6) is 0 Å². The molecule has 1 aliphatic heterocycles. The Labute approximate surface area is 120 Å². The summed E-state index contributed by atoms with van der Waals surface area (Å²) in [6.45, 7) is 0. The highest BCUT2D eigenvalue weighted by molar-refractivity contribution is 9.10. The third-order valence-corrected chi connectivity index (χ3v) is 4.50. The average molecular weight is 326 g/mol. The van der Waals surface area contributed by atoms with Gasteiger partial charge in [-0.25, -0.2) is 0 Å². The van der Waals surface area contributed by atoms with Gasteiger partial charge in [0.25, 0.3) is 0 Å². The Kier molecular flexibility index (Phi) is 3.20. The number of alkyl halides is 1. The average Bonchev–Trinajstić information content (AvgIpc) is 2.50. The normalized spacial score (nSPS) is 22.4. The first-order valence-electron chi connectivity index (χ1n) is 6.09. The lowest BCUT2D eigenvalue weighted by atomic mass is 10.0. The van der Waals surface area contributed by atoms with Gasteiger partial charge in [0.1, 0.15) is 0 Å². The van der Waals surface area contributed by atoms with Crippen LogP contribution in [0.4, 0.5) is 5.69 Å². The molecular weight excluding hydrogens is 312 g/mol. The summed E-state index contributed by atoms with van der Waals surface area (Å²) in [7, 11) is 0. The molecule has 3 rings (SSSR count). The molecule has 1 unspecified atom stereocenters. The van der Waals surface area contributed by atoms with Crippen LogP contribution in [0.1, 0.15) is 24.0 Å². The Morgan fingerprint density at radius 1 is 1.28 bits per heavy atom. The number of nitrogens with zero attached hydrogens (tertiary/aromatic N) is 1. The minimum atomic E-state index is 0.381. The second kappa shape index (κ2) is 4.71. The molecule has 1 aromatic rings. The van der Waals surface area contributed by atoms with Crippen molar-refractivity contribution in [2.75, 3.05) is 5.73 Å². The zero-order valence-electron chi connectivity index (χ0n) is 9.92. The second-order valence-electron chi connectivity index (χ2n) is 4.87. The number of aliphatic imine (C=N–C) groups is 1. The molecule has 4 heteroatoms. The Bertz CT molecular complexity index is 563. The number of fused-ring (bicyclic) bond motifs is 1. The van der Waals surface area contributed by atoms with E-state index in [0.29, 0.717) is 15.5 Å². The Morgan fingerprint density at radius 3 is 2.94 bits per heavy atom. The molecule has 0 bridgehead atoms. The number of anilines is 1. The molecule has 0 aromatic heterocycles. The van der Waals surface area contributed by atoms with Gasteiger partial charge in [-0.15, -0.1) is 0 Å². The molecule has 18 heavy (non-hydrogen) atoms. The third kappa shape index (κ3) is 2.21. The van der Waals surface area contributed by atoms with E-state index in [-0.39, 0.29) is 0 Å². The smallest absolute Gasteiger partial charge is 0.0638 e. The fraction of sp³-hybridized carbons (Fsp3) is 0.357. The molecule has 0 spiro atoms. The van der Waals surface area contributed by atoms with E-state index in [2.05, 4.69) is 20.9 Å². The molecular formula is C14H14BrClN2. The van der Waals surface area contributed by atoms with E-state index in [1.807, 2.05) is 18.3 Å². The van der Waals surface area contributed by atoms with E-state index >= 15 is 0 Å². The molecule has 94 valence electrons. The summed E-state index contributed by atoms with van der Waals surface area (Å²) in [5.41, 5.74) is 11.8. The summed E-state index contributed by atoms with van der Waals surface area (Å²) in [6.07, 6.45) is 6.03. The fourth-order valence-corrected chi connectivity index (χ4v) is 3.32. The number of hydrogen-bond acceptors (Lipinski definition) is 2. The summed E-state index contributed by atoms with van der Waals surface area (Å²) in [4.78, 5) is 4.96. The van der Waals surface area contributed by atoms with Gasteiger partial charge in [-0.3, -0.25) is 4.99 Å². The summed E-state index contributed by atoms with van der Waals surface area (Å²) >= 11 is 9.71. The van der Waals surface area contributed by atoms with E-state index in [4.69, 9.17) is 17.3 Å². The number of rotatable bonds is 0. The Hall–Kier alpha value is -0.800. The van der Waals surface area contributed by atoms with Crippen LogP contribution in [-0.4, -0.2) is 11.0 Å². The van der Waals surface area contributed by atoms with Crippen molar-refractivity contribution < 1.29 is 0 Å². The number of hydrogen-bond donors (Lipinski definition) is 1. The first-order valence-corrected chi connectivity index (χ1v) is 7.39. The van der Waals surface area contributed by atoms with Crippen molar-refractivity contribution in [3.05, 3.63) is 39.6 Å². The molecule has 0 saturated heterocycles. The number of benzene rings is 1. The SMILES string of the molecule is Nc1cc2c(cc1Cl)CCC1=C(C2)N=CC(Br)C1. The lowest BCUT2D eigenvalue weighted by Crippen LogP contribution is -2.09. The maximum Gasteiger partial charge on any atom is 0.0638 e. The number of aryl methyl sites for hydroxylation is 1. The Morgan fingerprint density at radius 2 is 2.11 bits per heavy atom. The molecule has 2 aliphatic rings. The molecule has 2 nitrogen and oxygen atoms in total. The van der Waals surface area contributed by atoms with Gasteiger partial charge < -0.3 is 5.73 Å². The van der Waals surface area contributed by atoms with Gasteiger partial charge in [0, 0.05) is 18.3 Å². The van der Waals surface area contributed by atoms with Gasteiger partial charge in [0.05, 0.1) is 15.5 Å². The van der Waals surface area contributed by atoms with E-state index in [9.17, 15) is 0 Å². The van der Waals surface area contributed by atoms with Crippen LogP contribution in [0, 0.1) is 0 Å². The maximum atomic E-state index is 6.10. The van der Waals surface area contributed by atoms with Crippen molar-refractivity contribution in [2.24, 2.45) is 4.99 Å². The molecule has 0 fully saturated rings. The number of allylic oxidation sites excluding steroid dienone is 2. The standard InChI is InChI=1S/C14H14BrClN2/c15-11-3-9-2-1-8-4-12(16)13(17)5-10(8)6-14(9)18-7-11/h4-5,7,11H,1-3,6,17H2. The van der Waals surface area contributed by atoms with Crippen LogP contribution in [0.15, 0.2) is 28.4 Å². The first kappa shape index (κ1) is 12.2. The van der Waals surface area contributed by atoms with Crippen LogP contribution in [0.25, 0.3) is 0 Å².